The first-order valence-corrected chi connectivity index (χ1v) is 12.0. The van der Waals surface area contributed by atoms with E-state index in [4.69, 9.17) is 5.73 Å². The molecule has 2 aliphatic rings. The number of nitrogens with one attached hydrogen (secondary N) is 1. The Balaban J connectivity index is 1.39. The van der Waals surface area contributed by atoms with Gasteiger partial charge >= 0.3 is 0 Å². The third-order valence-electron chi connectivity index (χ3n) is 7.38. The lowest BCUT2D eigenvalue weighted by Crippen LogP contribution is -2.42. The summed E-state index contributed by atoms with van der Waals surface area (Å²) < 4.78 is 0. The van der Waals surface area contributed by atoms with Crippen LogP contribution in [-0.4, -0.2) is 42.5 Å². The minimum Gasteiger partial charge on any atom is -0.366 e. The minimum absolute atomic E-state index is 0.318. The Morgan fingerprint density at radius 2 is 1.86 bits per heavy atom. The number of hydrogen-bond donors (Lipinski definition) is 2. The minimum atomic E-state index is -0.318. The number of primary amides is 1. The Morgan fingerprint density at radius 1 is 1.14 bits per heavy atom. The summed E-state index contributed by atoms with van der Waals surface area (Å²) in [5, 5.41) is 3.65. The number of nitrogens with zero attached hydrogens (tertiary/aromatic N) is 1. The van der Waals surface area contributed by atoms with Crippen LogP contribution in [0.4, 0.5) is 0 Å². The van der Waals surface area contributed by atoms with E-state index in [0.29, 0.717) is 11.5 Å². The van der Waals surface area contributed by atoms with Crippen LogP contribution in [0.15, 0.2) is 24.3 Å². The number of rotatable bonds is 12. The monoisotopic (exact) mass is 399 g/mol. The highest BCUT2D eigenvalue weighted by molar-refractivity contribution is 5.92. The lowest BCUT2D eigenvalue weighted by atomic mass is 9.84. The number of carbonyl (C=O) groups excluding carboxylic acids is 1. The van der Waals surface area contributed by atoms with E-state index in [1.54, 1.807) is 0 Å². The zero-order valence-electron chi connectivity index (χ0n) is 18.5. The van der Waals surface area contributed by atoms with Crippen molar-refractivity contribution in [2.24, 2.45) is 11.7 Å². The van der Waals surface area contributed by atoms with E-state index < -0.39 is 0 Å². The number of carbonyl (C=O) groups is 1. The molecule has 2 saturated heterocycles. The molecule has 2 unspecified atom stereocenters. The van der Waals surface area contributed by atoms with Crippen molar-refractivity contribution >= 4 is 5.91 Å². The van der Waals surface area contributed by atoms with Gasteiger partial charge in [0.15, 0.2) is 0 Å². The van der Waals surface area contributed by atoms with Crippen LogP contribution in [-0.2, 0) is 0 Å². The molecule has 2 fully saturated rings. The predicted molar refractivity (Wildman–Crippen MR) is 121 cm³/mol. The predicted octanol–water partition coefficient (Wildman–Crippen LogP) is 4.69. The van der Waals surface area contributed by atoms with Gasteiger partial charge in [0.1, 0.15) is 0 Å². The van der Waals surface area contributed by atoms with Crippen molar-refractivity contribution in [1.29, 1.82) is 0 Å². The van der Waals surface area contributed by atoms with Crippen molar-refractivity contribution in [2.45, 2.75) is 89.6 Å². The third kappa shape index (κ3) is 6.05. The fourth-order valence-corrected chi connectivity index (χ4v) is 5.46. The number of benzene rings is 1. The maximum Gasteiger partial charge on any atom is 0.248 e. The van der Waals surface area contributed by atoms with Crippen LogP contribution in [0.3, 0.4) is 0 Å². The van der Waals surface area contributed by atoms with Gasteiger partial charge in [0.05, 0.1) is 0 Å². The zero-order valence-corrected chi connectivity index (χ0v) is 18.5. The molecule has 0 saturated carbocycles. The molecule has 2 atom stereocenters. The quantitative estimate of drug-likeness (QED) is 0.501. The van der Waals surface area contributed by atoms with Crippen molar-refractivity contribution in [3.05, 3.63) is 35.4 Å². The van der Waals surface area contributed by atoms with E-state index in [-0.39, 0.29) is 5.91 Å². The largest absolute Gasteiger partial charge is 0.366 e. The van der Waals surface area contributed by atoms with Crippen molar-refractivity contribution < 1.29 is 4.79 Å². The van der Waals surface area contributed by atoms with E-state index in [0.717, 1.165) is 18.0 Å². The van der Waals surface area contributed by atoms with Crippen molar-refractivity contribution in [2.75, 3.05) is 19.6 Å². The molecule has 1 amide bonds. The second kappa shape index (κ2) is 11.1. The molecule has 162 valence electrons. The molecule has 4 nitrogen and oxygen atoms in total. The second-order valence-corrected chi connectivity index (χ2v) is 9.23. The molecule has 1 aromatic carbocycles. The standard InChI is InChI=1S/C25H41N3O/c1-3-19(4-2)18-27-13-6-5-7-14-28-23-11-12-24(28)17-22(16-23)20-9-8-10-21(15-20)25(26)29/h8-10,15,19,22-24,27H,3-7,11-14,16-18H2,1-2H3,(H2,26,29). The van der Waals surface area contributed by atoms with Crippen LogP contribution in [0.25, 0.3) is 0 Å². The Hall–Kier alpha value is -1.39. The van der Waals surface area contributed by atoms with Crippen LogP contribution in [0.2, 0.25) is 0 Å². The van der Waals surface area contributed by atoms with Crippen molar-refractivity contribution in [3.63, 3.8) is 0 Å². The molecule has 2 bridgehead atoms. The SMILES string of the molecule is CCC(CC)CNCCCCCN1C2CCC1CC(c1cccc(C(N)=O)c1)C2. The first-order valence-electron chi connectivity index (χ1n) is 12.0. The number of unbranched alkanes of at least 4 members (excludes halogenated alkanes) is 2. The molecule has 3 rings (SSSR count). The number of fused-ring (bicyclic) bond motifs is 2. The number of hydrogen-bond acceptors (Lipinski definition) is 3. The molecule has 4 heteroatoms. The van der Waals surface area contributed by atoms with Gasteiger partial charge in [-0.3, -0.25) is 9.69 Å². The van der Waals surface area contributed by atoms with E-state index in [1.807, 2.05) is 18.2 Å². The number of nitrogens with two attached hydrogens (primary N) is 1. The molecule has 3 N–H and O–H groups in total. The average Bonchev–Trinajstić information content (AvgIpc) is 2.97. The van der Waals surface area contributed by atoms with E-state index in [1.165, 1.54) is 83.0 Å². The first-order chi connectivity index (χ1) is 14.1. The first kappa shape index (κ1) is 22.3. The van der Waals surface area contributed by atoms with Crippen molar-refractivity contribution in [1.82, 2.24) is 10.2 Å². The normalized spacial score (nSPS) is 24.3. The molecule has 29 heavy (non-hydrogen) atoms. The molecular weight excluding hydrogens is 358 g/mol. The Morgan fingerprint density at radius 3 is 2.52 bits per heavy atom. The summed E-state index contributed by atoms with van der Waals surface area (Å²) in [5.74, 6) is 1.11. The molecule has 2 aliphatic heterocycles. The van der Waals surface area contributed by atoms with E-state index in [2.05, 4.69) is 30.1 Å². The molecular formula is C25H41N3O. The average molecular weight is 400 g/mol. The summed E-state index contributed by atoms with van der Waals surface area (Å²) in [5.41, 5.74) is 7.43. The smallest absolute Gasteiger partial charge is 0.248 e. The summed E-state index contributed by atoms with van der Waals surface area (Å²) in [6.45, 7) is 8.20. The van der Waals surface area contributed by atoms with Gasteiger partial charge in [0.2, 0.25) is 5.91 Å². The fourth-order valence-electron chi connectivity index (χ4n) is 5.46. The molecule has 0 spiro atoms. The third-order valence-corrected chi connectivity index (χ3v) is 7.38. The highest BCUT2D eigenvalue weighted by atomic mass is 16.1. The molecule has 1 aromatic rings. The molecule has 0 aromatic heterocycles. The van der Waals surface area contributed by atoms with Crippen LogP contribution in [0, 0.1) is 5.92 Å². The maximum atomic E-state index is 11.5. The van der Waals surface area contributed by atoms with Crippen LogP contribution in [0.1, 0.15) is 93.5 Å². The zero-order chi connectivity index (χ0) is 20.6. The molecule has 0 aliphatic carbocycles. The van der Waals surface area contributed by atoms with Gasteiger partial charge < -0.3 is 11.1 Å². The lowest BCUT2D eigenvalue weighted by Gasteiger charge is -2.39. The van der Waals surface area contributed by atoms with Crippen LogP contribution >= 0.6 is 0 Å². The van der Waals surface area contributed by atoms with Gasteiger partial charge in [-0.25, -0.2) is 0 Å². The van der Waals surface area contributed by atoms with Gasteiger partial charge in [0, 0.05) is 17.6 Å². The summed E-state index contributed by atoms with van der Waals surface area (Å²) >= 11 is 0. The summed E-state index contributed by atoms with van der Waals surface area (Å²) in [6, 6.07) is 9.47. The summed E-state index contributed by atoms with van der Waals surface area (Å²) in [6.07, 6.45) is 11.7. The van der Waals surface area contributed by atoms with Crippen molar-refractivity contribution in [3.8, 4) is 0 Å². The molecule has 2 heterocycles. The fraction of sp³-hybridized carbons (Fsp3) is 0.720. The highest BCUT2D eigenvalue weighted by Crippen LogP contribution is 2.43. The van der Waals surface area contributed by atoms with E-state index >= 15 is 0 Å². The topological polar surface area (TPSA) is 58.4 Å². The van der Waals surface area contributed by atoms with Gasteiger partial charge in [0.25, 0.3) is 0 Å². The lowest BCUT2D eigenvalue weighted by molar-refractivity contribution is 0.1000. The summed E-state index contributed by atoms with van der Waals surface area (Å²) in [4.78, 5) is 14.3. The molecule has 0 radical (unpaired) electrons. The Labute approximate surface area is 177 Å². The number of piperidine rings is 1. The van der Waals surface area contributed by atoms with Gasteiger partial charge in [-0.15, -0.1) is 0 Å². The highest BCUT2D eigenvalue weighted by Gasteiger charge is 2.40. The Kier molecular flexibility index (Phi) is 8.55. The second-order valence-electron chi connectivity index (χ2n) is 9.23. The van der Waals surface area contributed by atoms with Gasteiger partial charge in [-0.2, -0.15) is 0 Å². The number of amides is 1. The van der Waals surface area contributed by atoms with Gasteiger partial charge in [-0.05, 0) is 87.7 Å². The maximum absolute atomic E-state index is 11.5. The Bertz CT molecular complexity index is 629. The van der Waals surface area contributed by atoms with Crippen LogP contribution in [0.5, 0.6) is 0 Å². The van der Waals surface area contributed by atoms with Gasteiger partial charge in [-0.1, -0.05) is 45.2 Å². The van der Waals surface area contributed by atoms with Crippen LogP contribution < -0.4 is 11.1 Å². The van der Waals surface area contributed by atoms with E-state index in [9.17, 15) is 4.79 Å². The summed E-state index contributed by atoms with van der Waals surface area (Å²) in [7, 11) is 0.